The van der Waals surface area contributed by atoms with Gasteiger partial charge in [0, 0.05) is 0 Å². The standard InChI is InChI=1S/C28H61O3P/c1-3-5-7-9-11-13-15-17-19-21-23-25-27-32(29,30,31)28-26-24-22-20-18-16-14-12-10-8-6-4-2/h29-31H,3-28H2,1-2H3. The molecule has 0 aromatic carbocycles. The van der Waals surface area contributed by atoms with Gasteiger partial charge in [-0.05, 0) is 0 Å². The maximum atomic E-state index is 10.3. The van der Waals surface area contributed by atoms with E-state index in [2.05, 4.69) is 13.8 Å². The van der Waals surface area contributed by atoms with Crippen LogP contribution < -0.4 is 0 Å². The number of hydrogen-bond donors (Lipinski definition) is 3. The van der Waals surface area contributed by atoms with Gasteiger partial charge >= 0.3 is 176 Å². The summed E-state index contributed by atoms with van der Waals surface area (Å²) < 4.78 is 0. The van der Waals surface area contributed by atoms with Gasteiger partial charge in [0.15, 0.2) is 0 Å². The maximum absolute atomic E-state index is 10.3. The second-order valence-electron chi connectivity index (χ2n) is 10.6. The predicted octanol–water partition coefficient (Wildman–Crippen LogP) is 9.66. The molecule has 3 nitrogen and oxygen atoms in total. The van der Waals surface area contributed by atoms with E-state index in [-0.39, 0.29) is 12.3 Å². The molecule has 3 N–H and O–H groups in total. The van der Waals surface area contributed by atoms with E-state index in [1.807, 2.05) is 0 Å². The van der Waals surface area contributed by atoms with Crippen molar-refractivity contribution in [1.29, 1.82) is 0 Å². The van der Waals surface area contributed by atoms with Gasteiger partial charge < -0.3 is 0 Å². The molecule has 0 radical (unpaired) electrons. The second-order valence-corrected chi connectivity index (χ2v) is 14.1. The Morgan fingerprint density at radius 2 is 0.500 bits per heavy atom. The third kappa shape index (κ3) is 24.9. The predicted molar refractivity (Wildman–Crippen MR) is 145 cm³/mol. The number of unbranched alkanes of at least 4 members (excludes halogenated alkanes) is 22. The van der Waals surface area contributed by atoms with Crippen molar-refractivity contribution in [2.75, 3.05) is 12.3 Å². The van der Waals surface area contributed by atoms with E-state index in [1.165, 1.54) is 116 Å². The SMILES string of the molecule is CCCCCCCCCCCCCCP(O)(O)(O)CCCCCCCCCCCCCC. The first-order valence-corrected chi connectivity index (χ1v) is 17.1. The van der Waals surface area contributed by atoms with Crippen LogP contribution in [0.3, 0.4) is 0 Å². The first kappa shape index (κ1) is 32.3. The molecule has 0 atom stereocenters. The number of hydrogen-bond acceptors (Lipinski definition) is 3. The fraction of sp³-hybridized carbons (Fsp3) is 1.00. The second kappa shape index (κ2) is 21.8. The van der Waals surface area contributed by atoms with Gasteiger partial charge in [0.2, 0.25) is 0 Å². The van der Waals surface area contributed by atoms with Crippen molar-refractivity contribution in [2.24, 2.45) is 0 Å². The molecule has 196 valence electrons. The van der Waals surface area contributed by atoms with Gasteiger partial charge in [0.1, 0.15) is 0 Å². The molecule has 0 aliphatic rings. The molecule has 0 spiro atoms. The van der Waals surface area contributed by atoms with Crippen molar-refractivity contribution in [3.05, 3.63) is 0 Å². The van der Waals surface area contributed by atoms with Gasteiger partial charge in [-0.15, -0.1) is 0 Å². The van der Waals surface area contributed by atoms with Gasteiger partial charge in [-0.3, -0.25) is 0 Å². The zero-order valence-corrected chi connectivity index (χ0v) is 23.1. The van der Waals surface area contributed by atoms with E-state index in [9.17, 15) is 14.7 Å². The minimum absolute atomic E-state index is 0.209. The van der Waals surface area contributed by atoms with Crippen molar-refractivity contribution in [3.8, 4) is 0 Å². The van der Waals surface area contributed by atoms with Crippen LogP contribution in [-0.4, -0.2) is 27.0 Å². The molecular formula is C28H61O3P. The molecule has 0 saturated heterocycles. The van der Waals surface area contributed by atoms with Crippen molar-refractivity contribution in [1.82, 2.24) is 0 Å². The molecule has 0 aliphatic heterocycles. The summed E-state index contributed by atoms with van der Waals surface area (Å²) in [4.78, 5) is 31.0. The van der Waals surface area contributed by atoms with Crippen LogP contribution in [0, 0.1) is 0 Å². The first-order chi connectivity index (χ1) is 15.4. The van der Waals surface area contributed by atoms with Crippen molar-refractivity contribution >= 4 is 7.28 Å². The molecule has 0 saturated carbocycles. The van der Waals surface area contributed by atoms with Crippen LogP contribution in [0.4, 0.5) is 0 Å². The average Bonchev–Trinajstić information content (AvgIpc) is 2.75. The monoisotopic (exact) mass is 476 g/mol. The topological polar surface area (TPSA) is 60.7 Å². The Labute approximate surface area is 202 Å². The van der Waals surface area contributed by atoms with Crippen LogP contribution >= 0.6 is 7.28 Å². The Hall–Kier alpha value is 0.310. The zero-order chi connectivity index (χ0) is 23.8. The van der Waals surface area contributed by atoms with Gasteiger partial charge in [0.25, 0.3) is 0 Å². The van der Waals surface area contributed by atoms with Gasteiger partial charge in [0.05, 0.1) is 0 Å². The Bertz CT molecular complexity index is 347. The van der Waals surface area contributed by atoms with Gasteiger partial charge in [-0.25, -0.2) is 0 Å². The Balaban J connectivity index is 3.46. The number of rotatable bonds is 26. The summed E-state index contributed by atoms with van der Waals surface area (Å²) in [5.41, 5.74) is 0. The summed E-state index contributed by atoms with van der Waals surface area (Å²) in [6, 6.07) is 0. The minimum atomic E-state index is -4.37. The van der Waals surface area contributed by atoms with Crippen LogP contribution in [-0.2, 0) is 0 Å². The van der Waals surface area contributed by atoms with Crippen LogP contribution in [0.15, 0.2) is 0 Å². The van der Waals surface area contributed by atoms with E-state index in [1.54, 1.807) is 0 Å². The molecule has 4 heteroatoms. The smallest absolute Gasteiger partial charge is 0.0654 e. The Morgan fingerprint density at radius 3 is 0.719 bits per heavy atom. The van der Waals surface area contributed by atoms with Crippen LogP contribution in [0.25, 0.3) is 0 Å². The molecule has 0 aromatic heterocycles. The van der Waals surface area contributed by atoms with Gasteiger partial charge in [-0.2, -0.15) is 0 Å². The molecule has 32 heavy (non-hydrogen) atoms. The molecule has 0 aromatic rings. The molecule has 0 bridgehead atoms. The molecular weight excluding hydrogens is 415 g/mol. The molecule has 0 fully saturated rings. The summed E-state index contributed by atoms with van der Waals surface area (Å²) in [5.74, 6) is 0. The van der Waals surface area contributed by atoms with E-state index < -0.39 is 7.28 Å². The van der Waals surface area contributed by atoms with Crippen LogP contribution in [0.2, 0.25) is 0 Å². The average molecular weight is 477 g/mol. The van der Waals surface area contributed by atoms with Crippen LogP contribution in [0.1, 0.15) is 168 Å². The molecule has 0 heterocycles. The third-order valence-electron chi connectivity index (χ3n) is 6.94. The van der Waals surface area contributed by atoms with Crippen molar-refractivity contribution < 1.29 is 14.7 Å². The molecule has 0 aliphatic carbocycles. The molecule has 0 amide bonds. The van der Waals surface area contributed by atoms with Crippen molar-refractivity contribution in [2.45, 2.75) is 168 Å². The normalized spacial score (nSPS) is 13.3. The fourth-order valence-electron chi connectivity index (χ4n) is 4.67. The zero-order valence-electron chi connectivity index (χ0n) is 22.2. The summed E-state index contributed by atoms with van der Waals surface area (Å²) in [6.07, 6.45) is 30.5. The quantitative estimate of drug-likeness (QED) is 0.0860. The van der Waals surface area contributed by atoms with E-state index in [4.69, 9.17) is 0 Å². The van der Waals surface area contributed by atoms with E-state index in [0.29, 0.717) is 0 Å². The van der Waals surface area contributed by atoms with E-state index in [0.717, 1.165) is 38.5 Å². The van der Waals surface area contributed by atoms with Gasteiger partial charge in [-0.1, -0.05) is 26.7 Å². The third-order valence-corrected chi connectivity index (χ3v) is 9.40. The Kier molecular flexibility index (Phi) is 22.0. The summed E-state index contributed by atoms with van der Waals surface area (Å²) >= 11 is 0. The first-order valence-electron chi connectivity index (χ1n) is 14.6. The summed E-state index contributed by atoms with van der Waals surface area (Å²) in [5, 5.41) is 0. The molecule has 0 rings (SSSR count). The summed E-state index contributed by atoms with van der Waals surface area (Å²) in [6.45, 7) is 4.52. The summed E-state index contributed by atoms with van der Waals surface area (Å²) in [7, 11) is -4.37. The Morgan fingerprint density at radius 1 is 0.312 bits per heavy atom. The fourth-order valence-corrected chi connectivity index (χ4v) is 6.63. The minimum Gasteiger partial charge on any atom is -0.0654 e. The van der Waals surface area contributed by atoms with Crippen molar-refractivity contribution in [3.63, 3.8) is 0 Å². The van der Waals surface area contributed by atoms with E-state index >= 15 is 0 Å². The molecule has 0 unspecified atom stereocenters. The van der Waals surface area contributed by atoms with Crippen LogP contribution in [0.5, 0.6) is 0 Å².